The highest BCUT2D eigenvalue weighted by molar-refractivity contribution is 6.01. The van der Waals surface area contributed by atoms with E-state index in [1.54, 1.807) is 98.1 Å². The number of aromatic amines is 2. The molecule has 0 aliphatic carbocycles. The molecular weight excluding hydrogens is 1590 g/mol. The van der Waals surface area contributed by atoms with Crippen molar-refractivity contribution in [1.29, 1.82) is 27.0 Å². The van der Waals surface area contributed by atoms with E-state index in [0.29, 0.717) is 47.7 Å². The Morgan fingerprint density at radius 1 is 0.333 bits per heavy atom. The summed E-state index contributed by atoms with van der Waals surface area (Å²) in [6.45, 7) is 14.4. The summed E-state index contributed by atoms with van der Waals surface area (Å²) in [5, 5.41) is 83.1. The van der Waals surface area contributed by atoms with Crippen molar-refractivity contribution in [3.05, 3.63) is 72.1 Å². The molecule has 2 aromatic carbocycles. The van der Waals surface area contributed by atoms with Crippen LogP contribution in [0.3, 0.4) is 0 Å². The van der Waals surface area contributed by atoms with Gasteiger partial charge in [-0.2, -0.15) is 0 Å². The molecule has 0 spiro atoms. The number of unbranched alkanes of at least 4 members (excludes halogenated alkanes) is 1. The number of guanidine groups is 5. The lowest BCUT2D eigenvalue weighted by atomic mass is 9.94. The van der Waals surface area contributed by atoms with Gasteiger partial charge in [-0.25, -0.2) is 0 Å². The predicted octanol–water partition coefficient (Wildman–Crippen LogP) is -3.57. The van der Waals surface area contributed by atoms with E-state index in [-0.39, 0.29) is 153 Å². The van der Waals surface area contributed by atoms with Crippen molar-refractivity contribution in [1.82, 2.24) is 95.0 Å². The average Bonchev–Trinajstić information content (AvgIpc) is 1.71. The first-order chi connectivity index (χ1) is 58.3. The van der Waals surface area contributed by atoms with Crippen molar-refractivity contribution >= 4 is 122 Å². The molecule has 682 valence electrons. The lowest BCUT2D eigenvalue weighted by Gasteiger charge is -2.32. The van der Waals surface area contributed by atoms with E-state index < -0.39 is 167 Å². The monoisotopic (exact) mass is 1720 g/mol. The second-order valence-electron chi connectivity index (χ2n) is 31.5. The molecule has 0 aliphatic heterocycles. The molecule has 0 unspecified atom stereocenters. The number of amides is 12. The Balaban J connectivity index is 1.66. The maximum Gasteiger partial charge on any atom is 0.243 e. The topological polar surface area (TPSA) is 756 Å². The van der Waals surface area contributed by atoms with Gasteiger partial charge in [-0.3, -0.25) is 84.6 Å². The molecule has 2 heterocycles. The van der Waals surface area contributed by atoms with E-state index in [4.69, 9.17) is 72.9 Å². The third kappa shape index (κ3) is 36.0. The average molecular weight is 1720 g/mol. The molecule has 12 amide bonds. The van der Waals surface area contributed by atoms with Gasteiger partial charge >= 0.3 is 0 Å². The van der Waals surface area contributed by atoms with Gasteiger partial charge in [0.1, 0.15) is 66.5 Å². The first kappa shape index (κ1) is 103. The molecule has 2 aromatic heterocycles. The number of carbonyl (C=O) groups is 12. The minimum atomic E-state index is -1.49. The molecule has 0 fully saturated rings. The van der Waals surface area contributed by atoms with Crippen LogP contribution in [0.2, 0.25) is 0 Å². The first-order valence-electron chi connectivity index (χ1n) is 41.9. The number of aromatic nitrogens is 2. The molecule has 4 rings (SSSR count). The Hall–Kier alpha value is -12.6. The summed E-state index contributed by atoms with van der Waals surface area (Å²) >= 11 is 0. The fraction of sp³-hybridized carbons (Fsp3) is 0.588. The fourth-order valence-corrected chi connectivity index (χ4v) is 13.5. The Morgan fingerprint density at radius 3 is 0.943 bits per heavy atom. The van der Waals surface area contributed by atoms with Crippen LogP contribution >= 0.6 is 0 Å². The predicted molar refractivity (Wildman–Crippen MR) is 470 cm³/mol. The number of carbonyl (C=O) groups excluding carboxylic acids is 12. The zero-order chi connectivity index (χ0) is 91.6. The van der Waals surface area contributed by atoms with Crippen LogP contribution in [-0.4, -0.2) is 222 Å². The zero-order valence-electron chi connectivity index (χ0n) is 71.8. The molecule has 14 atom stereocenters. The number of H-pyrrole nitrogens is 2. The van der Waals surface area contributed by atoms with Crippen molar-refractivity contribution in [3.63, 3.8) is 0 Å². The third-order valence-electron chi connectivity index (χ3n) is 21.0. The van der Waals surface area contributed by atoms with Gasteiger partial charge in [0.15, 0.2) is 29.8 Å². The van der Waals surface area contributed by atoms with Crippen LogP contribution in [0.5, 0.6) is 0 Å². The van der Waals surface area contributed by atoms with Gasteiger partial charge < -0.3 is 141 Å². The van der Waals surface area contributed by atoms with Crippen LogP contribution in [-0.2, 0) is 70.4 Å². The van der Waals surface area contributed by atoms with E-state index in [1.165, 1.54) is 0 Å². The number of benzene rings is 2. The van der Waals surface area contributed by atoms with Crippen LogP contribution in [0, 0.1) is 50.7 Å². The van der Waals surface area contributed by atoms with Crippen LogP contribution in [0.1, 0.15) is 163 Å². The van der Waals surface area contributed by atoms with Gasteiger partial charge in [0.05, 0.1) is 6.04 Å². The Kier molecular flexibility index (Phi) is 44.5. The molecule has 43 heteroatoms. The van der Waals surface area contributed by atoms with Gasteiger partial charge in [0, 0.05) is 79.8 Å². The number of primary amides is 1. The molecule has 0 aliphatic rings. The van der Waals surface area contributed by atoms with E-state index in [9.17, 15) is 43.2 Å². The molecule has 0 saturated carbocycles. The molecule has 4 aromatic rings. The largest absolute Gasteiger partial charge is 0.370 e. The van der Waals surface area contributed by atoms with E-state index >= 15 is 14.4 Å². The van der Waals surface area contributed by atoms with E-state index in [1.807, 2.05) is 18.2 Å². The quantitative estimate of drug-likeness (QED) is 0.0115. The summed E-state index contributed by atoms with van der Waals surface area (Å²) in [7, 11) is 0. The fourth-order valence-electron chi connectivity index (χ4n) is 13.5. The third-order valence-corrected chi connectivity index (χ3v) is 21.0. The highest BCUT2D eigenvalue weighted by Crippen LogP contribution is 2.23. The second kappa shape index (κ2) is 53.3. The number of nitrogens with one attached hydrogen (secondary N) is 23. The van der Waals surface area contributed by atoms with Gasteiger partial charge in [0.25, 0.3) is 0 Å². The molecule has 0 bridgehead atoms. The maximum absolute atomic E-state index is 15.1. The summed E-state index contributed by atoms with van der Waals surface area (Å²) in [4.78, 5) is 181. The molecule has 43 nitrogen and oxygen atoms in total. The number of rotatable bonds is 57. The second-order valence-corrected chi connectivity index (χ2v) is 31.5. The van der Waals surface area contributed by atoms with Gasteiger partial charge in [-0.1, -0.05) is 105 Å². The van der Waals surface area contributed by atoms with Gasteiger partial charge in [-0.05, 0) is 137 Å². The van der Waals surface area contributed by atoms with Crippen molar-refractivity contribution in [3.8, 4) is 0 Å². The van der Waals surface area contributed by atoms with Crippen LogP contribution < -0.4 is 131 Å². The number of para-hydroxylation sites is 2. The Labute approximate surface area is 717 Å². The van der Waals surface area contributed by atoms with Crippen molar-refractivity contribution in [2.75, 3.05) is 39.3 Å². The molecule has 39 N–H and O–H groups in total. The summed E-state index contributed by atoms with van der Waals surface area (Å²) in [5.41, 5.74) is 48.0. The molecule has 0 radical (unpaired) electrons. The van der Waals surface area contributed by atoms with E-state index in [2.05, 4.69) is 95.0 Å². The molecular formula is C80H135N31O12. The lowest BCUT2D eigenvalue weighted by molar-refractivity contribution is -0.137. The normalized spacial score (nSPS) is 14.6. The Morgan fingerprint density at radius 2 is 0.602 bits per heavy atom. The number of hydrogen-bond donors (Lipinski definition) is 31. The van der Waals surface area contributed by atoms with Crippen LogP contribution in [0.4, 0.5) is 0 Å². The summed E-state index contributed by atoms with van der Waals surface area (Å²) in [6, 6.07) is -1.80. The zero-order valence-corrected chi connectivity index (χ0v) is 71.8. The highest BCUT2D eigenvalue weighted by atomic mass is 16.2. The van der Waals surface area contributed by atoms with Gasteiger partial charge in [-0.15, -0.1) is 0 Å². The van der Waals surface area contributed by atoms with Crippen molar-refractivity contribution in [2.24, 2.45) is 69.5 Å². The minimum absolute atomic E-state index is 0.00298. The SMILES string of the molecule is CC[C@H](C)[C@H](NC(=O)[C@H](CCCCN)NC(=O)[C@H](Cc1c[nH]c2ccccc12)NC(=O)[C@H](CCCNC(=N)N)NC(=O)[C@@H](N)CCCNC(=N)N)C(=O)N[C@H](C(=O)N[C@H](C(=O)N[C@H](C(=O)N[C@@H](CCCNC(=N)N)C(=O)N[C@@H](Cc1c[nH]c2ccccc12)C(=O)N[C@@H](CCCNC(=N)N)C(=O)N[C@@H](CCCNC(=N)N)C(N)=O)[C@@H](C)CC)C(C)C)C(C)C. The minimum Gasteiger partial charge on any atom is -0.370 e. The molecule has 123 heavy (non-hydrogen) atoms. The molecule has 0 saturated heterocycles. The van der Waals surface area contributed by atoms with Crippen molar-refractivity contribution in [2.45, 2.75) is 237 Å². The standard InChI is InChI=1S/C80H135N31O12/c1-9-44(7)62(74(122)105-57(31-21-37-98-80(92)93)68(116)107-59(39-47-41-100-52-26-14-12-23-49(47)52)71(119)104-56(30-20-36-97-79(90)91)66(114)101-53(64(83)112)28-18-34-95-77(86)87)111-73(121)61(43(5)6)108-72(120)60(42(3)4)109-75(123)63(45(8)10-2)110-69(117)54(27-15-16-32-81)103-70(118)58(38-46-40-99-51-25-13-11-22-48(46)51)106-67(115)55(29-19-35-96-78(88)89)102-65(113)50(82)24-17-33-94-76(84)85/h11-14,22-23,25-26,40-45,50,53-63,99-100H,9-10,15-21,24,27-39,81-82H2,1-8H3,(H2,83,112)(H,101,114)(H,102,113)(H,103,118)(H,104,119)(H,105,122)(H,106,115)(H,107,116)(H,108,120)(H,109,123)(H,110,117)(H,111,121)(H4,84,85,94)(H4,86,87,95)(H4,88,89,96)(H4,90,91,97)(H4,92,93,98)/t44-,45-,50-,53-,54-,55-,56-,57-,58-,59-,60-,61-,62-,63-/m0/s1. The first-order valence-corrected chi connectivity index (χ1v) is 41.9. The van der Waals surface area contributed by atoms with Crippen LogP contribution in [0.15, 0.2) is 60.9 Å². The summed E-state index contributed by atoms with van der Waals surface area (Å²) in [5.74, 6) is -14.1. The summed E-state index contributed by atoms with van der Waals surface area (Å²) in [6.07, 6.45) is 5.34. The van der Waals surface area contributed by atoms with Gasteiger partial charge in [0.2, 0.25) is 70.9 Å². The lowest BCUT2D eigenvalue weighted by Crippen LogP contribution is -2.63. The number of fused-ring (bicyclic) bond motifs is 2. The van der Waals surface area contributed by atoms with Crippen LogP contribution in [0.25, 0.3) is 21.8 Å². The summed E-state index contributed by atoms with van der Waals surface area (Å²) < 4.78 is 0. The number of nitrogens with two attached hydrogens (primary N) is 8. The number of hydrogen-bond acceptors (Lipinski definition) is 19. The maximum atomic E-state index is 15.1. The van der Waals surface area contributed by atoms with Crippen molar-refractivity contribution < 1.29 is 57.5 Å². The highest BCUT2D eigenvalue weighted by Gasteiger charge is 2.40. The Bertz CT molecular complexity index is 4210. The smallest absolute Gasteiger partial charge is 0.243 e. The van der Waals surface area contributed by atoms with E-state index in [0.717, 1.165) is 10.9 Å².